The summed E-state index contributed by atoms with van der Waals surface area (Å²) in [6, 6.07) is 0. The van der Waals surface area contributed by atoms with Gasteiger partial charge in [-0.2, -0.15) is 0 Å². The number of ether oxygens (including phenoxy) is 2. The first kappa shape index (κ1) is 12.5. The minimum absolute atomic E-state index is 0.00306. The van der Waals surface area contributed by atoms with E-state index in [1.807, 2.05) is 0 Å². The Balaban J connectivity index is 2.09. The minimum Gasteiger partial charge on any atom is -0.372 e. The standard InChI is InChI=1S/C8H13NO7S/c1-2-17(12,13)6-4-15-7-5(16-9(10)11)3-14-8(6)7/h5-8H,2-4H2,1H3/t5-,6-,7-,8-/m1/s1. The summed E-state index contributed by atoms with van der Waals surface area (Å²) in [6.07, 6.45) is -2.18. The van der Waals surface area contributed by atoms with Crippen molar-refractivity contribution >= 4 is 9.84 Å². The largest absolute Gasteiger partial charge is 0.372 e. The Morgan fingerprint density at radius 1 is 1.35 bits per heavy atom. The van der Waals surface area contributed by atoms with Crippen LogP contribution in [0.3, 0.4) is 0 Å². The smallest absolute Gasteiger partial charge is 0.294 e. The molecule has 0 aromatic rings. The van der Waals surface area contributed by atoms with Crippen molar-refractivity contribution in [1.82, 2.24) is 0 Å². The monoisotopic (exact) mass is 267 g/mol. The summed E-state index contributed by atoms with van der Waals surface area (Å²) in [5.74, 6) is -0.00559. The summed E-state index contributed by atoms with van der Waals surface area (Å²) < 4.78 is 34.0. The topological polar surface area (TPSA) is 105 Å². The molecule has 2 rings (SSSR count). The van der Waals surface area contributed by atoms with Crippen LogP contribution in [0.25, 0.3) is 0 Å². The zero-order valence-electron chi connectivity index (χ0n) is 9.14. The molecule has 0 spiro atoms. The van der Waals surface area contributed by atoms with Crippen molar-refractivity contribution in [2.24, 2.45) is 0 Å². The number of sulfone groups is 1. The molecular formula is C8H13NO7S. The Hall–Kier alpha value is -0.930. The van der Waals surface area contributed by atoms with Gasteiger partial charge in [0, 0.05) is 5.75 Å². The van der Waals surface area contributed by atoms with Crippen LogP contribution in [0.2, 0.25) is 0 Å². The summed E-state index contributed by atoms with van der Waals surface area (Å²) >= 11 is 0. The molecule has 8 nitrogen and oxygen atoms in total. The van der Waals surface area contributed by atoms with E-state index in [-0.39, 0.29) is 19.0 Å². The molecule has 9 heteroatoms. The molecule has 98 valence electrons. The van der Waals surface area contributed by atoms with Crippen molar-refractivity contribution < 1.29 is 27.8 Å². The van der Waals surface area contributed by atoms with Gasteiger partial charge in [-0.1, -0.05) is 6.92 Å². The fourth-order valence-electron chi connectivity index (χ4n) is 2.15. The van der Waals surface area contributed by atoms with Gasteiger partial charge in [-0.3, -0.25) is 0 Å². The molecular weight excluding hydrogens is 254 g/mol. The van der Waals surface area contributed by atoms with Crippen LogP contribution in [-0.2, 0) is 24.1 Å². The highest BCUT2D eigenvalue weighted by molar-refractivity contribution is 7.92. The van der Waals surface area contributed by atoms with Gasteiger partial charge in [0.05, 0.1) is 13.2 Å². The van der Waals surface area contributed by atoms with Crippen LogP contribution in [0, 0.1) is 10.1 Å². The maximum absolute atomic E-state index is 11.7. The third-order valence-corrected chi connectivity index (χ3v) is 5.18. The molecule has 2 heterocycles. The molecule has 4 atom stereocenters. The third-order valence-electron chi connectivity index (χ3n) is 3.05. The normalized spacial score (nSPS) is 36.8. The zero-order chi connectivity index (χ0) is 12.6. The molecule has 0 aromatic carbocycles. The average Bonchev–Trinajstić information content (AvgIpc) is 2.80. The zero-order valence-corrected chi connectivity index (χ0v) is 9.96. The van der Waals surface area contributed by atoms with E-state index in [0.29, 0.717) is 0 Å². The number of fused-ring (bicyclic) bond motifs is 1. The lowest BCUT2D eigenvalue weighted by atomic mass is 10.1. The average molecular weight is 267 g/mol. The van der Waals surface area contributed by atoms with E-state index in [1.54, 1.807) is 6.92 Å². The van der Waals surface area contributed by atoms with E-state index in [0.717, 1.165) is 0 Å². The van der Waals surface area contributed by atoms with Crippen molar-refractivity contribution in [1.29, 1.82) is 0 Å². The van der Waals surface area contributed by atoms with Gasteiger partial charge < -0.3 is 14.3 Å². The van der Waals surface area contributed by atoms with E-state index in [9.17, 15) is 18.5 Å². The Kier molecular flexibility index (Phi) is 3.23. The van der Waals surface area contributed by atoms with E-state index in [1.165, 1.54) is 0 Å². The van der Waals surface area contributed by atoms with Crippen LogP contribution in [0.4, 0.5) is 0 Å². The highest BCUT2D eigenvalue weighted by Crippen LogP contribution is 2.32. The van der Waals surface area contributed by atoms with Gasteiger partial charge in [0.1, 0.15) is 17.5 Å². The Morgan fingerprint density at radius 3 is 2.59 bits per heavy atom. The predicted molar refractivity (Wildman–Crippen MR) is 54.6 cm³/mol. The first-order valence-corrected chi connectivity index (χ1v) is 6.93. The number of hydrogen-bond donors (Lipinski definition) is 0. The molecule has 2 aliphatic rings. The Morgan fingerprint density at radius 2 is 2.00 bits per heavy atom. The minimum atomic E-state index is -3.28. The molecule has 0 amide bonds. The summed E-state index contributed by atoms with van der Waals surface area (Å²) in [5.41, 5.74) is 0. The second-order valence-corrected chi connectivity index (χ2v) is 6.46. The fourth-order valence-corrected chi connectivity index (χ4v) is 3.51. The molecule has 17 heavy (non-hydrogen) atoms. The van der Waals surface area contributed by atoms with Crippen LogP contribution in [0.1, 0.15) is 6.92 Å². The summed E-state index contributed by atoms with van der Waals surface area (Å²) in [7, 11) is -3.28. The quantitative estimate of drug-likeness (QED) is 0.483. The molecule has 2 fully saturated rings. The second-order valence-electron chi connectivity index (χ2n) is 3.95. The van der Waals surface area contributed by atoms with Gasteiger partial charge in [-0.15, -0.1) is 10.1 Å². The van der Waals surface area contributed by atoms with E-state index < -0.39 is 38.5 Å². The van der Waals surface area contributed by atoms with Crippen molar-refractivity contribution in [2.45, 2.75) is 30.5 Å². The number of nitrogens with zero attached hydrogens (tertiary/aromatic N) is 1. The number of hydrogen-bond acceptors (Lipinski definition) is 7. The molecule has 0 aliphatic carbocycles. The summed E-state index contributed by atoms with van der Waals surface area (Å²) in [6.45, 7) is 1.53. The molecule has 0 radical (unpaired) electrons. The van der Waals surface area contributed by atoms with Crippen molar-refractivity contribution in [3.8, 4) is 0 Å². The van der Waals surface area contributed by atoms with Crippen LogP contribution in [0.15, 0.2) is 0 Å². The lowest BCUT2D eigenvalue weighted by Gasteiger charge is -2.15. The predicted octanol–water partition coefficient (Wildman–Crippen LogP) is -0.836. The van der Waals surface area contributed by atoms with E-state index in [4.69, 9.17) is 9.47 Å². The highest BCUT2D eigenvalue weighted by Gasteiger charge is 2.53. The van der Waals surface area contributed by atoms with Crippen LogP contribution in [-0.4, -0.2) is 56.0 Å². The van der Waals surface area contributed by atoms with Gasteiger partial charge >= 0.3 is 0 Å². The molecule has 0 aromatic heterocycles. The maximum atomic E-state index is 11.7. The summed E-state index contributed by atoms with van der Waals surface area (Å²) in [4.78, 5) is 14.6. The van der Waals surface area contributed by atoms with Gasteiger partial charge in [-0.25, -0.2) is 8.42 Å². The highest BCUT2D eigenvalue weighted by atomic mass is 32.2. The van der Waals surface area contributed by atoms with E-state index >= 15 is 0 Å². The van der Waals surface area contributed by atoms with E-state index in [2.05, 4.69) is 4.84 Å². The van der Waals surface area contributed by atoms with Gasteiger partial charge in [-0.05, 0) is 0 Å². The second kappa shape index (κ2) is 4.39. The lowest BCUT2D eigenvalue weighted by molar-refractivity contribution is -0.769. The maximum Gasteiger partial charge on any atom is 0.294 e. The van der Waals surface area contributed by atoms with Crippen LogP contribution >= 0.6 is 0 Å². The fraction of sp³-hybridized carbons (Fsp3) is 1.00. The van der Waals surface area contributed by atoms with Crippen LogP contribution < -0.4 is 0 Å². The number of rotatable bonds is 4. The van der Waals surface area contributed by atoms with Gasteiger partial charge in [0.2, 0.25) is 0 Å². The third kappa shape index (κ3) is 2.22. The Labute approximate surface area is 97.9 Å². The molecule has 2 saturated heterocycles. The molecule has 2 aliphatic heterocycles. The summed E-state index contributed by atoms with van der Waals surface area (Å²) in [5, 5.41) is 8.57. The van der Waals surface area contributed by atoms with Gasteiger partial charge in [0.25, 0.3) is 5.09 Å². The lowest BCUT2D eigenvalue weighted by Crippen LogP contribution is -2.38. The van der Waals surface area contributed by atoms with Crippen molar-refractivity contribution in [3.05, 3.63) is 10.1 Å². The van der Waals surface area contributed by atoms with Crippen LogP contribution in [0.5, 0.6) is 0 Å². The van der Waals surface area contributed by atoms with Crippen molar-refractivity contribution in [3.63, 3.8) is 0 Å². The molecule has 0 bridgehead atoms. The van der Waals surface area contributed by atoms with Crippen molar-refractivity contribution in [2.75, 3.05) is 19.0 Å². The SMILES string of the molecule is CCS(=O)(=O)[C@@H]1CO[C@H]2[C@@H]1OC[C@H]2O[N+](=O)[O-]. The first-order chi connectivity index (χ1) is 7.95. The Bertz CT molecular complexity index is 408. The first-order valence-electron chi connectivity index (χ1n) is 5.21. The van der Waals surface area contributed by atoms with Gasteiger partial charge in [0.15, 0.2) is 15.9 Å². The molecule has 0 N–H and O–H groups in total. The molecule has 0 unspecified atom stereocenters. The molecule has 0 saturated carbocycles.